The van der Waals surface area contributed by atoms with Crippen molar-refractivity contribution in [3.05, 3.63) is 18.6 Å². The van der Waals surface area contributed by atoms with Gasteiger partial charge >= 0.3 is 6.09 Å². The fourth-order valence-corrected chi connectivity index (χ4v) is 4.07. The van der Waals surface area contributed by atoms with Crippen LogP contribution in [-0.4, -0.2) is 68.5 Å². The number of carbonyl (C=O) groups excluding carboxylic acids is 3. The average Bonchev–Trinajstić information content (AvgIpc) is 3.20. The van der Waals surface area contributed by atoms with Crippen molar-refractivity contribution in [1.82, 2.24) is 20.2 Å². The maximum atomic E-state index is 13.3. The molecule has 0 aliphatic carbocycles. The summed E-state index contributed by atoms with van der Waals surface area (Å²) in [6, 6.07) is 1.44. The number of ether oxygens (including phenoxy) is 1. The van der Waals surface area contributed by atoms with Crippen LogP contribution in [-0.2, 0) is 14.3 Å². The van der Waals surface area contributed by atoms with Crippen molar-refractivity contribution in [2.75, 3.05) is 23.5 Å². The summed E-state index contributed by atoms with van der Waals surface area (Å²) in [4.78, 5) is 47.3. The van der Waals surface area contributed by atoms with Crippen LogP contribution >= 0.6 is 11.8 Å². The standard InChI is InChI=1S/C20H28N6O4S/c1-19(2,3)30-18(29)25-20(13-27,17(28)26-14-31-12-15(26)10-21)6-4-5-7-23-16-11-22-8-9-24-16/h8-9,11,13,15H,4-7,12,14H2,1-3H3,(H,23,24)(H,25,29)/t15-,20-/m1/s1. The first kappa shape index (κ1) is 24.4. The topological polar surface area (TPSA) is 137 Å². The molecule has 0 radical (unpaired) electrons. The molecule has 10 nitrogen and oxygen atoms in total. The second-order valence-corrected chi connectivity index (χ2v) is 9.11. The molecule has 31 heavy (non-hydrogen) atoms. The van der Waals surface area contributed by atoms with E-state index in [4.69, 9.17) is 4.74 Å². The number of nitrogens with one attached hydrogen (secondary N) is 2. The third kappa shape index (κ3) is 7.10. The number of rotatable bonds is 9. The van der Waals surface area contributed by atoms with E-state index >= 15 is 0 Å². The third-order valence-corrected chi connectivity index (χ3v) is 5.48. The van der Waals surface area contributed by atoms with E-state index in [0.717, 1.165) is 0 Å². The van der Waals surface area contributed by atoms with Gasteiger partial charge in [0.25, 0.3) is 5.91 Å². The molecule has 2 rings (SSSR count). The molecule has 1 aromatic rings. The first-order chi connectivity index (χ1) is 14.7. The van der Waals surface area contributed by atoms with Crippen molar-refractivity contribution in [2.45, 2.75) is 57.2 Å². The maximum absolute atomic E-state index is 13.3. The van der Waals surface area contributed by atoms with Gasteiger partial charge in [0, 0.05) is 24.7 Å². The summed E-state index contributed by atoms with van der Waals surface area (Å²) in [5, 5.41) is 14.9. The number of anilines is 1. The minimum atomic E-state index is -1.80. The van der Waals surface area contributed by atoms with E-state index in [-0.39, 0.29) is 12.3 Å². The molecule has 0 spiro atoms. The molecule has 168 valence electrons. The van der Waals surface area contributed by atoms with Crippen molar-refractivity contribution in [3.63, 3.8) is 0 Å². The Morgan fingerprint density at radius 3 is 2.77 bits per heavy atom. The summed E-state index contributed by atoms with van der Waals surface area (Å²) >= 11 is 1.43. The smallest absolute Gasteiger partial charge is 0.408 e. The Kier molecular flexibility index (Phi) is 8.62. The Morgan fingerprint density at radius 1 is 1.39 bits per heavy atom. The van der Waals surface area contributed by atoms with Gasteiger partial charge in [-0.2, -0.15) is 5.26 Å². The molecule has 0 saturated carbocycles. The molecule has 1 aromatic heterocycles. The predicted octanol–water partition coefficient (Wildman–Crippen LogP) is 1.95. The van der Waals surface area contributed by atoms with Gasteiger partial charge in [-0.1, -0.05) is 0 Å². The van der Waals surface area contributed by atoms with Crippen molar-refractivity contribution >= 4 is 35.9 Å². The molecule has 1 aliphatic heterocycles. The van der Waals surface area contributed by atoms with Crippen LogP contribution in [0, 0.1) is 11.3 Å². The third-order valence-electron chi connectivity index (χ3n) is 4.47. The summed E-state index contributed by atoms with van der Waals surface area (Å²) < 4.78 is 5.27. The number of nitrogens with zero attached hydrogens (tertiary/aromatic N) is 4. The van der Waals surface area contributed by atoms with Gasteiger partial charge in [0.1, 0.15) is 17.5 Å². The Morgan fingerprint density at radius 2 is 2.16 bits per heavy atom. The first-order valence-corrected chi connectivity index (χ1v) is 11.1. The highest BCUT2D eigenvalue weighted by atomic mass is 32.2. The highest BCUT2D eigenvalue weighted by molar-refractivity contribution is 7.99. The first-order valence-electron chi connectivity index (χ1n) is 9.96. The molecule has 0 unspecified atom stereocenters. The van der Waals surface area contributed by atoms with E-state index in [1.54, 1.807) is 39.4 Å². The minimum Gasteiger partial charge on any atom is -0.444 e. The average molecular weight is 449 g/mol. The number of carbonyl (C=O) groups is 3. The molecular formula is C20H28N6O4S. The van der Waals surface area contributed by atoms with Crippen molar-refractivity contribution in [2.24, 2.45) is 0 Å². The zero-order valence-corrected chi connectivity index (χ0v) is 18.8. The maximum Gasteiger partial charge on any atom is 0.408 e. The Balaban J connectivity index is 2.08. The van der Waals surface area contributed by atoms with Gasteiger partial charge in [0.15, 0.2) is 11.8 Å². The number of hydrogen-bond donors (Lipinski definition) is 2. The van der Waals surface area contributed by atoms with Crippen molar-refractivity contribution in [1.29, 1.82) is 5.26 Å². The van der Waals surface area contributed by atoms with Crippen LogP contribution in [0.3, 0.4) is 0 Å². The number of alkyl carbamates (subject to hydrolysis) is 1. The molecule has 1 saturated heterocycles. The molecule has 2 atom stereocenters. The fourth-order valence-electron chi connectivity index (χ4n) is 2.99. The monoisotopic (exact) mass is 448 g/mol. The summed E-state index contributed by atoms with van der Waals surface area (Å²) in [5.74, 6) is 0.785. The number of aldehydes is 1. The second-order valence-electron chi connectivity index (χ2n) is 8.11. The van der Waals surface area contributed by atoms with Crippen LogP contribution in [0.1, 0.15) is 40.0 Å². The van der Waals surface area contributed by atoms with E-state index in [1.165, 1.54) is 16.7 Å². The second kappa shape index (κ2) is 10.9. The molecule has 0 bridgehead atoms. The Bertz CT molecular complexity index is 810. The largest absolute Gasteiger partial charge is 0.444 e. The van der Waals surface area contributed by atoms with Crippen LogP contribution in [0.25, 0.3) is 0 Å². The highest BCUT2D eigenvalue weighted by Crippen LogP contribution is 2.26. The highest BCUT2D eigenvalue weighted by Gasteiger charge is 2.46. The zero-order chi connectivity index (χ0) is 22.9. The van der Waals surface area contributed by atoms with E-state index in [0.29, 0.717) is 37.2 Å². The Labute approximate surface area is 186 Å². The lowest BCUT2D eigenvalue weighted by molar-refractivity contribution is -0.141. The van der Waals surface area contributed by atoms with E-state index < -0.39 is 29.2 Å². The van der Waals surface area contributed by atoms with Crippen LogP contribution in [0.4, 0.5) is 10.6 Å². The van der Waals surface area contributed by atoms with Crippen molar-refractivity contribution in [3.8, 4) is 6.07 Å². The molecule has 2 heterocycles. The number of thioether (sulfide) groups is 1. The number of unbranched alkanes of at least 4 members (excludes halogenated alkanes) is 1. The van der Waals surface area contributed by atoms with E-state index in [9.17, 15) is 19.6 Å². The summed E-state index contributed by atoms with van der Waals surface area (Å²) in [5.41, 5.74) is -2.59. The van der Waals surface area contributed by atoms with Crippen molar-refractivity contribution < 1.29 is 19.1 Å². The van der Waals surface area contributed by atoms with Gasteiger partial charge in [-0.05, 0) is 40.0 Å². The van der Waals surface area contributed by atoms with Crippen LogP contribution < -0.4 is 10.6 Å². The number of hydrogen-bond acceptors (Lipinski definition) is 9. The molecule has 2 N–H and O–H groups in total. The lowest BCUT2D eigenvalue weighted by atomic mass is 9.92. The summed E-state index contributed by atoms with van der Waals surface area (Å²) in [6.07, 6.45) is 5.49. The van der Waals surface area contributed by atoms with Gasteiger partial charge in [-0.25, -0.2) is 9.78 Å². The van der Waals surface area contributed by atoms with Gasteiger partial charge < -0.3 is 25.1 Å². The quantitative estimate of drug-likeness (QED) is 0.330. The normalized spacial score (nSPS) is 17.9. The predicted molar refractivity (Wildman–Crippen MR) is 116 cm³/mol. The molecule has 2 amide bonds. The number of amides is 2. The zero-order valence-electron chi connectivity index (χ0n) is 18.0. The lowest BCUT2D eigenvalue weighted by Gasteiger charge is -2.33. The van der Waals surface area contributed by atoms with Gasteiger partial charge in [0.05, 0.1) is 18.1 Å². The molecule has 1 aliphatic rings. The van der Waals surface area contributed by atoms with Crippen LogP contribution in [0.2, 0.25) is 0 Å². The van der Waals surface area contributed by atoms with Crippen LogP contribution in [0.5, 0.6) is 0 Å². The lowest BCUT2D eigenvalue weighted by Crippen LogP contribution is -2.62. The minimum absolute atomic E-state index is 0.0794. The van der Waals surface area contributed by atoms with Crippen LogP contribution in [0.15, 0.2) is 18.6 Å². The molecule has 1 fully saturated rings. The molecule has 0 aromatic carbocycles. The molecule has 11 heteroatoms. The SMILES string of the molecule is CC(C)(C)OC(=O)N[C@@](C=O)(CCCCNc1cnccn1)C(=O)N1CSC[C@H]1C#N. The molecular weight excluding hydrogens is 420 g/mol. The fraction of sp³-hybridized carbons (Fsp3) is 0.600. The number of aromatic nitrogens is 2. The summed E-state index contributed by atoms with van der Waals surface area (Å²) in [6.45, 7) is 5.63. The van der Waals surface area contributed by atoms with Gasteiger partial charge in [-0.15, -0.1) is 11.8 Å². The Hall–Kier alpha value is -2.87. The summed E-state index contributed by atoms with van der Waals surface area (Å²) in [7, 11) is 0. The number of nitriles is 1. The van der Waals surface area contributed by atoms with E-state index in [1.807, 2.05) is 0 Å². The van der Waals surface area contributed by atoms with E-state index in [2.05, 4.69) is 26.7 Å². The van der Waals surface area contributed by atoms with Gasteiger partial charge in [0.2, 0.25) is 0 Å². The van der Waals surface area contributed by atoms with Gasteiger partial charge in [-0.3, -0.25) is 9.78 Å².